The predicted molar refractivity (Wildman–Crippen MR) is 84.9 cm³/mol. The molecule has 0 saturated carbocycles. The van der Waals surface area contributed by atoms with Gasteiger partial charge in [-0.3, -0.25) is 4.79 Å². The van der Waals surface area contributed by atoms with Crippen LogP contribution in [0.2, 0.25) is 5.02 Å². The molecule has 0 atom stereocenters. The number of benzene rings is 2. The van der Waals surface area contributed by atoms with E-state index < -0.39 is 0 Å². The summed E-state index contributed by atoms with van der Waals surface area (Å²) in [5.41, 5.74) is 1.80. The molecule has 4 heteroatoms. The maximum atomic E-state index is 12.1. The Kier molecular flexibility index (Phi) is 5.50. The Labute approximate surface area is 128 Å². The van der Waals surface area contributed by atoms with Gasteiger partial charge in [-0.1, -0.05) is 35.9 Å². The van der Waals surface area contributed by atoms with E-state index in [0.717, 1.165) is 16.3 Å². The van der Waals surface area contributed by atoms with E-state index in [0.29, 0.717) is 17.1 Å². The summed E-state index contributed by atoms with van der Waals surface area (Å²) in [6.07, 6.45) is 0. The SMILES string of the molecule is COc1ccccc1C(=O)CSCc1ccc(Cl)cc1. The molecule has 20 heavy (non-hydrogen) atoms. The summed E-state index contributed by atoms with van der Waals surface area (Å²) in [4.78, 5) is 12.1. The highest BCUT2D eigenvalue weighted by atomic mass is 35.5. The molecule has 0 heterocycles. The van der Waals surface area contributed by atoms with Crippen LogP contribution >= 0.6 is 23.4 Å². The van der Waals surface area contributed by atoms with Crippen molar-refractivity contribution in [1.82, 2.24) is 0 Å². The van der Waals surface area contributed by atoms with E-state index in [-0.39, 0.29) is 5.78 Å². The highest BCUT2D eigenvalue weighted by Crippen LogP contribution is 2.21. The second-order valence-electron chi connectivity index (χ2n) is 4.24. The zero-order valence-electron chi connectivity index (χ0n) is 11.1. The molecule has 0 saturated heterocycles. The number of carbonyl (C=O) groups excluding carboxylic acids is 1. The molecular formula is C16H15ClO2S. The van der Waals surface area contributed by atoms with Crippen molar-refractivity contribution in [2.75, 3.05) is 12.9 Å². The van der Waals surface area contributed by atoms with Gasteiger partial charge in [-0.2, -0.15) is 0 Å². The van der Waals surface area contributed by atoms with E-state index in [1.807, 2.05) is 36.4 Å². The molecule has 0 aliphatic carbocycles. The van der Waals surface area contributed by atoms with Crippen LogP contribution in [0.3, 0.4) is 0 Å². The minimum Gasteiger partial charge on any atom is -0.496 e. The summed E-state index contributed by atoms with van der Waals surface area (Å²) in [5, 5.41) is 0.726. The van der Waals surface area contributed by atoms with Crippen LogP contribution < -0.4 is 4.74 Å². The Bertz CT molecular complexity index is 581. The number of thioether (sulfide) groups is 1. The lowest BCUT2D eigenvalue weighted by Crippen LogP contribution is -2.05. The van der Waals surface area contributed by atoms with E-state index in [2.05, 4.69) is 0 Å². The number of para-hydroxylation sites is 1. The van der Waals surface area contributed by atoms with Gasteiger partial charge in [0.1, 0.15) is 5.75 Å². The summed E-state index contributed by atoms with van der Waals surface area (Å²) >= 11 is 7.42. The third-order valence-corrected chi connectivity index (χ3v) is 4.08. The molecule has 2 aromatic carbocycles. The lowest BCUT2D eigenvalue weighted by atomic mass is 10.1. The van der Waals surface area contributed by atoms with E-state index in [1.54, 1.807) is 31.0 Å². The fourth-order valence-electron chi connectivity index (χ4n) is 1.79. The van der Waals surface area contributed by atoms with Gasteiger partial charge in [0.2, 0.25) is 0 Å². The van der Waals surface area contributed by atoms with Gasteiger partial charge in [0, 0.05) is 10.8 Å². The number of methoxy groups -OCH3 is 1. The lowest BCUT2D eigenvalue weighted by Gasteiger charge is -2.07. The van der Waals surface area contributed by atoms with E-state index in [1.165, 1.54) is 0 Å². The number of rotatable bonds is 6. The van der Waals surface area contributed by atoms with Crippen LogP contribution in [0.1, 0.15) is 15.9 Å². The third-order valence-electron chi connectivity index (χ3n) is 2.82. The quantitative estimate of drug-likeness (QED) is 0.737. The van der Waals surface area contributed by atoms with Crippen LogP contribution in [0.15, 0.2) is 48.5 Å². The molecule has 0 bridgehead atoms. The first-order chi connectivity index (χ1) is 9.70. The molecule has 0 unspecified atom stereocenters. The largest absolute Gasteiger partial charge is 0.496 e. The van der Waals surface area contributed by atoms with Crippen molar-refractivity contribution in [1.29, 1.82) is 0 Å². The zero-order chi connectivity index (χ0) is 14.4. The molecule has 0 fully saturated rings. The van der Waals surface area contributed by atoms with Crippen molar-refractivity contribution in [3.8, 4) is 5.75 Å². The number of hydrogen-bond acceptors (Lipinski definition) is 3. The number of ether oxygens (including phenoxy) is 1. The maximum Gasteiger partial charge on any atom is 0.176 e. The van der Waals surface area contributed by atoms with E-state index >= 15 is 0 Å². The standard InChI is InChI=1S/C16H15ClO2S/c1-19-16-5-3-2-4-14(16)15(18)11-20-10-12-6-8-13(17)9-7-12/h2-9H,10-11H2,1H3. The predicted octanol–water partition coefficient (Wildman–Crippen LogP) is 4.46. The summed E-state index contributed by atoms with van der Waals surface area (Å²) < 4.78 is 5.20. The molecule has 2 aromatic rings. The van der Waals surface area contributed by atoms with E-state index in [9.17, 15) is 4.79 Å². The number of Topliss-reactive ketones (excluding diaryl/α,β-unsaturated/α-hetero) is 1. The summed E-state index contributed by atoms with van der Waals surface area (Å²) in [6, 6.07) is 15.0. The van der Waals surface area contributed by atoms with Crippen molar-refractivity contribution < 1.29 is 9.53 Å². The minimum atomic E-state index is 0.0846. The Morgan fingerprint density at radius 1 is 1.15 bits per heavy atom. The van der Waals surface area contributed by atoms with Gasteiger partial charge in [-0.25, -0.2) is 0 Å². The Morgan fingerprint density at radius 2 is 1.85 bits per heavy atom. The first-order valence-electron chi connectivity index (χ1n) is 6.19. The summed E-state index contributed by atoms with van der Waals surface area (Å²) in [7, 11) is 1.58. The van der Waals surface area contributed by atoms with Crippen molar-refractivity contribution in [3.05, 3.63) is 64.7 Å². The van der Waals surface area contributed by atoms with Crippen LogP contribution in [0.4, 0.5) is 0 Å². The number of carbonyl (C=O) groups is 1. The van der Waals surface area contributed by atoms with E-state index in [4.69, 9.17) is 16.3 Å². The topological polar surface area (TPSA) is 26.3 Å². The molecule has 0 aromatic heterocycles. The highest BCUT2D eigenvalue weighted by Gasteiger charge is 2.11. The monoisotopic (exact) mass is 306 g/mol. The third kappa shape index (κ3) is 4.02. The van der Waals surface area contributed by atoms with Crippen molar-refractivity contribution >= 4 is 29.1 Å². The van der Waals surface area contributed by atoms with Crippen LogP contribution in [-0.4, -0.2) is 18.6 Å². The molecule has 0 amide bonds. The second kappa shape index (κ2) is 7.36. The van der Waals surface area contributed by atoms with Gasteiger partial charge in [0.25, 0.3) is 0 Å². The summed E-state index contributed by atoms with van der Waals surface area (Å²) in [5.74, 6) is 1.94. The molecule has 0 radical (unpaired) electrons. The zero-order valence-corrected chi connectivity index (χ0v) is 12.7. The molecule has 0 aliphatic heterocycles. The van der Waals surface area contributed by atoms with Crippen molar-refractivity contribution in [2.45, 2.75) is 5.75 Å². The molecule has 0 N–H and O–H groups in total. The molecule has 104 valence electrons. The number of hydrogen-bond donors (Lipinski definition) is 0. The number of ketones is 1. The summed E-state index contributed by atoms with van der Waals surface area (Å²) in [6.45, 7) is 0. The highest BCUT2D eigenvalue weighted by molar-refractivity contribution is 7.99. The Morgan fingerprint density at radius 3 is 2.55 bits per heavy atom. The van der Waals surface area contributed by atoms with Gasteiger partial charge < -0.3 is 4.74 Å². The van der Waals surface area contributed by atoms with Gasteiger partial charge in [-0.05, 0) is 29.8 Å². The average molecular weight is 307 g/mol. The van der Waals surface area contributed by atoms with Gasteiger partial charge in [-0.15, -0.1) is 11.8 Å². The van der Waals surface area contributed by atoms with Crippen molar-refractivity contribution in [3.63, 3.8) is 0 Å². The van der Waals surface area contributed by atoms with Gasteiger partial charge in [0.05, 0.1) is 18.4 Å². The van der Waals surface area contributed by atoms with Crippen molar-refractivity contribution in [2.24, 2.45) is 0 Å². The van der Waals surface area contributed by atoms with Crippen LogP contribution in [0.25, 0.3) is 0 Å². The number of halogens is 1. The normalized spacial score (nSPS) is 10.3. The second-order valence-corrected chi connectivity index (χ2v) is 5.66. The van der Waals surface area contributed by atoms with Crippen LogP contribution in [-0.2, 0) is 5.75 Å². The minimum absolute atomic E-state index is 0.0846. The molecular weight excluding hydrogens is 292 g/mol. The molecule has 0 aliphatic rings. The Balaban J connectivity index is 1.90. The fourth-order valence-corrected chi connectivity index (χ4v) is 2.79. The van der Waals surface area contributed by atoms with Gasteiger partial charge >= 0.3 is 0 Å². The fraction of sp³-hybridized carbons (Fsp3) is 0.188. The first-order valence-corrected chi connectivity index (χ1v) is 7.72. The smallest absolute Gasteiger partial charge is 0.176 e. The molecule has 2 nitrogen and oxygen atoms in total. The van der Waals surface area contributed by atoms with Gasteiger partial charge in [0.15, 0.2) is 5.78 Å². The first kappa shape index (κ1) is 14.9. The molecule has 2 rings (SSSR count). The van der Waals surface area contributed by atoms with Crippen LogP contribution in [0, 0.1) is 0 Å². The Hall–Kier alpha value is -1.45. The lowest BCUT2D eigenvalue weighted by molar-refractivity contribution is 0.101. The maximum absolute atomic E-state index is 12.1. The average Bonchev–Trinajstić information content (AvgIpc) is 2.49. The molecule has 0 spiro atoms. The van der Waals surface area contributed by atoms with Crippen LogP contribution in [0.5, 0.6) is 5.75 Å².